The van der Waals surface area contributed by atoms with Crippen molar-refractivity contribution < 1.29 is 4.74 Å². The lowest BCUT2D eigenvalue weighted by Gasteiger charge is -2.10. The number of nitrogens with one attached hydrogen (secondary N) is 1. The number of rotatable bonds is 5. The molecule has 0 spiro atoms. The number of benzene rings is 1. The predicted molar refractivity (Wildman–Crippen MR) is 81.6 cm³/mol. The van der Waals surface area contributed by atoms with Crippen molar-refractivity contribution in [3.8, 4) is 11.3 Å². The Bertz CT molecular complexity index is 705. The van der Waals surface area contributed by atoms with Crippen LogP contribution in [-0.4, -0.2) is 29.3 Å². The van der Waals surface area contributed by atoms with Crippen LogP contribution < -0.4 is 11.3 Å². The normalized spacial score (nSPS) is 10.6. The van der Waals surface area contributed by atoms with E-state index in [1.165, 1.54) is 4.68 Å². The number of ether oxygens (including phenoxy) is 1. The molecule has 0 saturated heterocycles. The number of aromatic nitrogens is 2. The molecule has 0 saturated carbocycles. The molecule has 1 aromatic carbocycles. The lowest BCUT2D eigenvalue weighted by Crippen LogP contribution is -2.32. The van der Waals surface area contributed by atoms with E-state index < -0.39 is 0 Å². The van der Waals surface area contributed by atoms with Gasteiger partial charge in [0.05, 0.1) is 24.4 Å². The maximum absolute atomic E-state index is 12.2. The van der Waals surface area contributed by atoms with Gasteiger partial charge in [-0.05, 0) is 13.0 Å². The van der Waals surface area contributed by atoms with Gasteiger partial charge in [0.2, 0.25) is 0 Å². The summed E-state index contributed by atoms with van der Waals surface area (Å²) in [7, 11) is 1.56. The number of hydrogen-bond acceptors (Lipinski definition) is 4. The average molecular weight is 286 g/mol. The summed E-state index contributed by atoms with van der Waals surface area (Å²) in [6, 6.07) is 9.34. The number of methoxy groups -OCH3 is 1. The van der Waals surface area contributed by atoms with Crippen molar-refractivity contribution in [2.45, 2.75) is 13.5 Å². The molecule has 21 heavy (non-hydrogen) atoms. The van der Waals surface area contributed by atoms with E-state index in [0.717, 1.165) is 11.1 Å². The average Bonchev–Trinajstić information content (AvgIpc) is 2.47. The molecule has 110 valence electrons. The SMILES string of the molecule is COCCn1nc(-c2ccc(C)cc2)cc(C(=N)N)c1=O. The standard InChI is InChI=1S/C15H18N4O2/c1-10-3-5-11(6-4-10)13-9-12(14(16)17)15(20)19(18-13)7-8-21-2/h3-6,9H,7-8H2,1-2H3,(H3,16,17). The third-order valence-corrected chi connectivity index (χ3v) is 3.12. The summed E-state index contributed by atoms with van der Waals surface area (Å²) in [5.41, 5.74) is 7.88. The maximum atomic E-state index is 12.2. The van der Waals surface area contributed by atoms with Gasteiger partial charge in [0.25, 0.3) is 5.56 Å². The Morgan fingerprint density at radius 3 is 2.62 bits per heavy atom. The van der Waals surface area contributed by atoms with E-state index in [-0.39, 0.29) is 17.0 Å². The van der Waals surface area contributed by atoms with Crippen molar-refractivity contribution in [2.24, 2.45) is 5.73 Å². The number of aryl methyl sites for hydroxylation is 1. The van der Waals surface area contributed by atoms with E-state index in [2.05, 4.69) is 5.10 Å². The van der Waals surface area contributed by atoms with E-state index in [4.69, 9.17) is 15.9 Å². The number of amidine groups is 1. The van der Waals surface area contributed by atoms with E-state index in [0.29, 0.717) is 18.8 Å². The molecule has 3 N–H and O–H groups in total. The zero-order chi connectivity index (χ0) is 15.4. The van der Waals surface area contributed by atoms with Gasteiger partial charge in [0, 0.05) is 12.7 Å². The lowest BCUT2D eigenvalue weighted by molar-refractivity contribution is 0.182. The smallest absolute Gasteiger partial charge is 0.277 e. The Morgan fingerprint density at radius 1 is 1.38 bits per heavy atom. The van der Waals surface area contributed by atoms with Gasteiger partial charge in [-0.2, -0.15) is 5.10 Å². The number of nitrogens with two attached hydrogens (primary N) is 1. The maximum Gasteiger partial charge on any atom is 0.277 e. The molecule has 6 heteroatoms. The zero-order valence-electron chi connectivity index (χ0n) is 12.1. The van der Waals surface area contributed by atoms with Crippen LogP contribution in [0.15, 0.2) is 35.1 Å². The van der Waals surface area contributed by atoms with Gasteiger partial charge in [-0.15, -0.1) is 0 Å². The molecule has 6 nitrogen and oxygen atoms in total. The highest BCUT2D eigenvalue weighted by Crippen LogP contribution is 2.17. The van der Waals surface area contributed by atoms with Crippen molar-refractivity contribution in [3.05, 3.63) is 51.8 Å². The minimum Gasteiger partial charge on any atom is -0.384 e. The van der Waals surface area contributed by atoms with Crippen LogP contribution in [0.5, 0.6) is 0 Å². The Kier molecular flexibility index (Phi) is 4.49. The van der Waals surface area contributed by atoms with Crippen LogP contribution in [0.4, 0.5) is 0 Å². The molecular weight excluding hydrogens is 268 g/mol. The molecule has 1 heterocycles. The Balaban J connectivity index is 2.55. The quantitative estimate of drug-likeness (QED) is 0.637. The second-order valence-corrected chi connectivity index (χ2v) is 4.74. The van der Waals surface area contributed by atoms with Gasteiger partial charge in [-0.3, -0.25) is 10.2 Å². The van der Waals surface area contributed by atoms with Gasteiger partial charge >= 0.3 is 0 Å². The summed E-state index contributed by atoms with van der Waals surface area (Å²) < 4.78 is 6.26. The fourth-order valence-corrected chi connectivity index (χ4v) is 1.93. The number of nitrogen functional groups attached to an aromatic ring is 1. The van der Waals surface area contributed by atoms with Crippen molar-refractivity contribution in [1.29, 1.82) is 5.41 Å². The van der Waals surface area contributed by atoms with Gasteiger partial charge in [0.15, 0.2) is 0 Å². The molecule has 1 aromatic heterocycles. The monoisotopic (exact) mass is 286 g/mol. The van der Waals surface area contributed by atoms with Gasteiger partial charge < -0.3 is 10.5 Å². The molecule has 0 amide bonds. The van der Waals surface area contributed by atoms with Crippen molar-refractivity contribution in [1.82, 2.24) is 9.78 Å². The lowest BCUT2D eigenvalue weighted by atomic mass is 10.1. The van der Waals surface area contributed by atoms with Crippen LogP contribution in [0.2, 0.25) is 0 Å². The second kappa shape index (κ2) is 6.32. The van der Waals surface area contributed by atoms with Crippen molar-refractivity contribution >= 4 is 5.84 Å². The second-order valence-electron chi connectivity index (χ2n) is 4.74. The first-order valence-corrected chi connectivity index (χ1v) is 6.55. The van der Waals surface area contributed by atoms with Crippen molar-refractivity contribution in [3.63, 3.8) is 0 Å². The fraction of sp³-hybridized carbons (Fsp3) is 0.267. The third-order valence-electron chi connectivity index (χ3n) is 3.12. The first-order valence-electron chi connectivity index (χ1n) is 6.55. The third kappa shape index (κ3) is 3.35. The summed E-state index contributed by atoms with van der Waals surface area (Å²) in [6.07, 6.45) is 0. The molecule has 0 unspecified atom stereocenters. The van der Waals surface area contributed by atoms with E-state index in [1.54, 1.807) is 13.2 Å². The predicted octanol–water partition coefficient (Wildman–Crippen LogP) is 1.15. The van der Waals surface area contributed by atoms with Crippen LogP contribution in [0, 0.1) is 12.3 Å². The molecule has 0 radical (unpaired) electrons. The summed E-state index contributed by atoms with van der Waals surface area (Å²) in [6.45, 7) is 2.68. The molecule has 0 atom stereocenters. The molecule has 0 aliphatic carbocycles. The van der Waals surface area contributed by atoms with Crippen LogP contribution in [0.1, 0.15) is 11.1 Å². The summed E-state index contributed by atoms with van der Waals surface area (Å²) >= 11 is 0. The van der Waals surface area contributed by atoms with E-state index in [1.807, 2.05) is 31.2 Å². The first kappa shape index (κ1) is 14.9. The van der Waals surface area contributed by atoms with Gasteiger partial charge in [-0.25, -0.2) is 4.68 Å². The first-order chi connectivity index (χ1) is 10.0. The zero-order valence-corrected chi connectivity index (χ0v) is 12.1. The minimum atomic E-state index is -0.379. The molecule has 2 rings (SSSR count). The highest BCUT2D eigenvalue weighted by molar-refractivity contribution is 5.95. The van der Waals surface area contributed by atoms with Gasteiger partial charge in [0.1, 0.15) is 5.84 Å². The van der Waals surface area contributed by atoms with Crippen LogP contribution in [-0.2, 0) is 11.3 Å². The highest BCUT2D eigenvalue weighted by Gasteiger charge is 2.12. The largest absolute Gasteiger partial charge is 0.384 e. The Labute approximate surface area is 122 Å². The molecule has 0 aliphatic heterocycles. The molecule has 0 bridgehead atoms. The van der Waals surface area contributed by atoms with Crippen LogP contribution >= 0.6 is 0 Å². The summed E-state index contributed by atoms with van der Waals surface area (Å²) in [4.78, 5) is 12.2. The minimum absolute atomic E-state index is 0.150. The van der Waals surface area contributed by atoms with Gasteiger partial charge in [-0.1, -0.05) is 29.8 Å². The topological polar surface area (TPSA) is 94.0 Å². The van der Waals surface area contributed by atoms with E-state index in [9.17, 15) is 4.79 Å². The van der Waals surface area contributed by atoms with Crippen molar-refractivity contribution in [2.75, 3.05) is 13.7 Å². The van der Waals surface area contributed by atoms with E-state index >= 15 is 0 Å². The van der Waals surface area contributed by atoms with Crippen LogP contribution in [0.25, 0.3) is 11.3 Å². The molecular formula is C15H18N4O2. The summed E-state index contributed by atoms with van der Waals surface area (Å²) in [5, 5.41) is 11.9. The Morgan fingerprint density at radius 2 is 2.05 bits per heavy atom. The number of nitrogens with zero attached hydrogens (tertiary/aromatic N) is 2. The highest BCUT2D eigenvalue weighted by atomic mass is 16.5. The summed E-state index contributed by atoms with van der Waals surface area (Å²) in [5.74, 6) is -0.262. The van der Waals surface area contributed by atoms with Crippen LogP contribution in [0.3, 0.4) is 0 Å². The Hall–Kier alpha value is -2.47. The fourth-order valence-electron chi connectivity index (χ4n) is 1.93. The molecule has 0 aliphatic rings. The number of hydrogen-bond donors (Lipinski definition) is 2. The molecule has 0 fully saturated rings. The molecule has 2 aromatic rings.